The van der Waals surface area contributed by atoms with Gasteiger partial charge in [0, 0.05) is 31.9 Å². The summed E-state index contributed by atoms with van der Waals surface area (Å²) >= 11 is 0. The van der Waals surface area contributed by atoms with E-state index in [9.17, 15) is 18.0 Å². The minimum atomic E-state index is -4.74. The van der Waals surface area contributed by atoms with Crippen LogP contribution in [0.15, 0.2) is 54.6 Å². The number of hydrogen-bond acceptors (Lipinski definition) is 3. The van der Waals surface area contributed by atoms with Crippen molar-refractivity contribution in [1.29, 1.82) is 0 Å². The fraction of sp³-hybridized carbons (Fsp3) is 0.350. The molecule has 0 unspecified atom stereocenters. The summed E-state index contributed by atoms with van der Waals surface area (Å²) in [5, 5.41) is 2.73. The van der Waals surface area contributed by atoms with Gasteiger partial charge in [0.25, 0.3) is 0 Å². The Balaban J connectivity index is 1.50. The summed E-state index contributed by atoms with van der Waals surface area (Å²) in [6.07, 6.45) is -4.74. The van der Waals surface area contributed by atoms with E-state index in [4.69, 9.17) is 0 Å². The molecule has 0 aromatic heterocycles. The number of anilines is 1. The summed E-state index contributed by atoms with van der Waals surface area (Å²) in [7, 11) is 0. The second-order valence-electron chi connectivity index (χ2n) is 6.62. The zero-order valence-electron chi connectivity index (χ0n) is 15.4. The number of likely N-dealkylation sites (tertiary alicyclic amines) is 1. The van der Waals surface area contributed by atoms with Crippen LogP contribution in [0.5, 0.6) is 5.75 Å². The van der Waals surface area contributed by atoms with Crippen LogP contribution in [0.1, 0.15) is 12.5 Å². The fourth-order valence-electron chi connectivity index (χ4n) is 3.21. The lowest BCUT2D eigenvalue weighted by Gasteiger charge is -2.45. The number of carbonyl (C=O) groups is 1. The molecule has 2 aromatic rings. The maximum atomic E-state index is 12.5. The van der Waals surface area contributed by atoms with Crippen LogP contribution in [0.25, 0.3) is 0 Å². The SMILES string of the molecule is CCN(C(=O)Nc1ccc(OC(F)(F)F)cc1)C1CN(Cc2ccccc2)C1. The number of carbonyl (C=O) groups excluding carboxylic acids is 1. The number of rotatable bonds is 6. The molecular formula is C20H22F3N3O2. The number of nitrogens with one attached hydrogen (secondary N) is 1. The van der Waals surface area contributed by atoms with Gasteiger partial charge in [0.1, 0.15) is 5.75 Å². The van der Waals surface area contributed by atoms with Gasteiger partial charge in [-0.3, -0.25) is 4.90 Å². The average molecular weight is 393 g/mol. The number of amides is 2. The van der Waals surface area contributed by atoms with Gasteiger partial charge in [0.15, 0.2) is 0 Å². The molecule has 0 aliphatic carbocycles. The Labute approximate surface area is 161 Å². The van der Waals surface area contributed by atoms with E-state index < -0.39 is 6.36 Å². The first kappa shape index (κ1) is 20.0. The van der Waals surface area contributed by atoms with Gasteiger partial charge in [-0.25, -0.2) is 4.79 Å². The Morgan fingerprint density at radius 2 is 1.79 bits per heavy atom. The molecule has 28 heavy (non-hydrogen) atoms. The molecular weight excluding hydrogens is 371 g/mol. The molecule has 1 heterocycles. The van der Waals surface area contributed by atoms with Gasteiger partial charge in [0.05, 0.1) is 6.04 Å². The lowest BCUT2D eigenvalue weighted by atomic mass is 10.1. The molecule has 1 aliphatic rings. The van der Waals surface area contributed by atoms with Gasteiger partial charge < -0.3 is 15.0 Å². The molecule has 8 heteroatoms. The number of halogens is 3. The van der Waals surface area contributed by atoms with Crippen molar-refractivity contribution in [2.45, 2.75) is 25.9 Å². The van der Waals surface area contributed by atoms with E-state index in [1.54, 1.807) is 4.90 Å². The van der Waals surface area contributed by atoms with E-state index in [1.165, 1.54) is 29.8 Å². The standard InChI is InChI=1S/C20H22F3N3O2/c1-2-26(17-13-25(14-17)12-15-6-4-3-5-7-15)19(27)24-16-8-10-18(11-9-16)28-20(21,22)23/h3-11,17H,2,12-14H2,1H3,(H,24,27). The maximum absolute atomic E-state index is 12.5. The molecule has 0 bridgehead atoms. The van der Waals surface area contributed by atoms with Crippen molar-refractivity contribution in [2.24, 2.45) is 0 Å². The highest BCUT2D eigenvalue weighted by molar-refractivity contribution is 5.89. The topological polar surface area (TPSA) is 44.8 Å². The van der Waals surface area contributed by atoms with Crippen molar-refractivity contribution in [3.8, 4) is 5.75 Å². The number of urea groups is 1. The van der Waals surface area contributed by atoms with Crippen LogP contribution < -0.4 is 10.1 Å². The molecule has 3 rings (SSSR count). The van der Waals surface area contributed by atoms with E-state index in [1.807, 2.05) is 25.1 Å². The Hall–Kier alpha value is -2.74. The summed E-state index contributed by atoms with van der Waals surface area (Å²) in [5.41, 5.74) is 1.65. The van der Waals surface area contributed by atoms with Crippen molar-refractivity contribution in [3.05, 3.63) is 60.2 Å². The largest absolute Gasteiger partial charge is 0.573 e. The van der Waals surface area contributed by atoms with E-state index in [0.29, 0.717) is 12.2 Å². The monoisotopic (exact) mass is 393 g/mol. The van der Waals surface area contributed by atoms with E-state index in [-0.39, 0.29) is 17.8 Å². The van der Waals surface area contributed by atoms with Crippen molar-refractivity contribution in [2.75, 3.05) is 25.0 Å². The molecule has 1 fully saturated rings. The molecule has 1 aliphatic heterocycles. The van der Waals surface area contributed by atoms with Gasteiger partial charge in [-0.1, -0.05) is 30.3 Å². The molecule has 150 valence electrons. The molecule has 0 spiro atoms. The molecule has 2 aromatic carbocycles. The van der Waals surface area contributed by atoms with Crippen LogP contribution in [-0.2, 0) is 6.54 Å². The number of ether oxygens (including phenoxy) is 1. The van der Waals surface area contributed by atoms with Crippen molar-refractivity contribution >= 4 is 11.7 Å². The molecule has 0 atom stereocenters. The molecule has 0 radical (unpaired) electrons. The lowest BCUT2D eigenvalue weighted by Crippen LogP contribution is -2.60. The number of likely N-dealkylation sites (N-methyl/N-ethyl adjacent to an activating group) is 1. The minimum absolute atomic E-state index is 0.113. The summed E-state index contributed by atoms with van der Waals surface area (Å²) in [5.74, 6) is -0.326. The highest BCUT2D eigenvalue weighted by atomic mass is 19.4. The van der Waals surface area contributed by atoms with Gasteiger partial charge in [-0.15, -0.1) is 13.2 Å². The van der Waals surface area contributed by atoms with Crippen molar-refractivity contribution in [3.63, 3.8) is 0 Å². The summed E-state index contributed by atoms with van der Waals surface area (Å²) in [4.78, 5) is 16.5. The highest BCUT2D eigenvalue weighted by Gasteiger charge is 2.34. The summed E-state index contributed by atoms with van der Waals surface area (Å²) < 4.78 is 40.4. The first-order valence-corrected chi connectivity index (χ1v) is 9.04. The van der Waals surface area contributed by atoms with Crippen LogP contribution >= 0.6 is 0 Å². The van der Waals surface area contributed by atoms with Crippen molar-refractivity contribution < 1.29 is 22.7 Å². The van der Waals surface area contributed by atoms with Crippen LogP contribution in [0, 0.1) is 0 Å². The summed E-state index contributed by atoms with van der Waals surface area (Å²) in [6, 6.07) is 15.1. The third-order valence-electron chi connectivity index (χ3n) is 4.57. The van der Waals surface area contributed by atoms with Crippen LogP contribution in [0.2, 0.25) is 0 Å². The van der Waals surface area contributed by atoms with Crippen LogP contribution in [0.4, 0.5) is 23.7 Å². The average Bonchev–Trinajstić information content (AvgIpc) is 2.61. The lowest BCUT2D eigenvalue weighted by molar-refractivity contribution is -0.274. The normalized spacial score (nSPS) is 15.0. The third kappa shape index (κ3) is 5.39. The first-order chi connectivity index (χ1) is 13.3. The fourth-order valence-corrected chi connectivity index (χ4v) is 3.21. The number of nitrogens with zero attached hydrogens (tertiary/aromatic N) is 2. The van der Waals surface area contributed by atoms with Gasteiger partial charge in [-0.2, -0.15) is 0 Å². The second-order valence-corrected chi connectivity index (χ2v) is 6.62. The quantitative estimate of drug-likeness (QED) is 0.795. The number of alkyl halides is 3. The predicted octanol–water partition coefficient (Wildman–Crippen LogP) is 4.32. The highest BCUT2D eigenvalue weighted by Crippen LogP contribution is 2.24. The van der Waals surface area contributed by atoms with E-state index in [2.05, 4.69) is 27.1 Å². The Bertz CT molecular complexity index is 776. The molecule has 5 nitrogen and oxygen atoms in total. The van der Waals surface area contributed by atoms with Crippen LogP contribution in [0.3, 0.4) is 0 Å². The van der Waals surface area contributed by atoms with Gasteiger partial charge in [-0.05, 0) is 36.8 Å². The molecule has 1 N–H and O–H groups in total. The van der Waals surface area contributed by atoms with E-state index >= 15 is 0 Å². The maximum Gasteiger partial charge on any atom is 0.573 e. The van der Waals surface area contributed by atoms with Gasteiger partial charge >= 0.3 is 12.4 Å². The smallest absolute Gasteiger partial charge is 0.406 e. The first-order valence-electron chi connectivity index (χ1n) is 9.04. The Morgan fingerprint density at radius 3 is 2.36 bits per heavy atom. The van der Waals surface area contributed by atoms with Crippen molar-refractivity contribution in [1.82, 2.24) is 9.80 Å². The summed E-state index contributed by atoms with van der Waals surface area (Å²) in [6.45, 7) is 4.87. The Kier molecular flexibility index (Phi) is 6.08. The minimum Gasteiger partial charge on any atom is -0.406 e. The molecule has 2 amide bonds. The second kappa shape index (κ2) is 8.52. The number of hydrogen-bond donors (Lipinski definition) is 1. The predicted molar refractivity (Wildman–Crippen MR) is 100 cm³/mol. The Morgan fingerprint density at radius 1 is 1.14 bits per heavy atom. The van der Waals surface area contributed by atoms with Gasteiger partial charge in [0.2, 0.25) is 0 Å². The van der Waals surface area contributed by atoms with Crippen LogP contribution in [-0.4, -0.2) is 47.9 Å². The third-order valence-corrected chi connectivity index (χ3v) is 4.57. The van der Waals surface area contributed by atoms with E-state index in [0.717, 1.165) is 19.6 Å². The number of benzene rings is 2. The molecule has 0 saturated carbocycles. The zero-order valence-corrected chi connectivity index (χ0v) is 15.4. The zero-order chi connectivity index (χ0) is 20.1. The molecule has 1 saturated heterocycles.